The molecule has 0 spiro atoms. The second kappa shape index (κ2) is 5.72. The van der Waals surface area contributed by atoms with E-state index in [1.165, 1.54) is 6.42 Å². The third kappa shape index (κ3) is 3.06. The van der Waals surface area contributed by atoms with Crippen LogP contribution >= 0.6 is 11.6 Å². The molecule has 1 aromatic carbocycles. The maximum atomic E-state index is 6.47. The molecule has 1 aliphatic heterocycles. The highest BCUT2D eigenvalue weighted by atomic mass is 35.5. The number of halogens is 1. The molecular formula is C16H25ClN2. The van der Waals surface area contributed by atoms with Crippen LogP contribution in [0.3, 0.4) is 0 Å². The molecule has 106 valence electrons. The highest BCUT2D eigenvalue weighted by Crippen LogP contribution is 2.36. The molecule has 2 nitrogen and oxygen atoms in total. The van der Waals surface area contributed by atoms with E-state index in [-0.39, 0.29) is 6.04 Å². The fourth-order valence-electron chi connectivity index (χ4n) is 3.07. The van der Waals surface area contributed by atoms with E-state index in [9.17, 15) is 0 Å². The lowest BCUT2D eigenvalue weighted by atomic mass is 9.85. The van der Waals surface area contributed by atoms with Gasteiger partial charge in [-0.05, 0) is 49.8 Å². The zero-order valence-electron chi connectivity index (χ0n) is 12.4. The molecule has 0 amide bonds. The topological polar surface area (TPSA) is 29.3 Å². The van der Waals surface area contributed by atoms with Crippen LogP contribution in [0.25, 0.3) is 0 Å². The summed E-state index contributed by atoms with van der Waals surface area (Å²) in [6.45, 7) is 10.0. The second-order valence-corrected chi connectivity index (χ2v) is 6.62. The molecule has 0 aliphatic carbocycles. The standard InChI is InChI=1S/C16H25ClN2/c1-10-7-11(2)13(4)19(9-10)16-6-5-14(12(3)18)8-15(16)17/h5-6,8,10-13H,7,9,18H2,1-4H3/t10?,11?,12-,13?/m0/s1. The van der Waals surface area contributed by atoms with Crippen molar-refractivity contribution in [2.24, 2.45) is 17.6 Å². The van der Waals surface area contributed by atoms with Crippen LogP contribution < -0.4 is 10.6 Å². The summed E-state index contributed by atoms with van der Waals surface area (Å²) >= 11 is 6.47. The van der Waals surface area contributed by atoms with Crippen molar-refractivity contribution in [3.63, 3.8) is 0 Å². The van der Waals surface area contributed by atoms with Crippen LogP contribution in [0, 0.1) is 11.8 Å². The molecule has 0 saturated carbocycles. The number of benzene rings is 1. The molecule has 4 atom stereocenters. The van der Waals surface area contributed by atoms with Gasteiger partial charge < -0.3 is 10.6 Å². The number of nitrogens with zero attached hydrogens (tertiary/aromatic N) is 1. The zero-order valence-corrected chi connectivity index (χ0v) is 13.1. The number of hydrogen-bond donors (Lipinski definition) is 1. The first kappa shape index (κ1) is 14.7. The van der Waals surface area contributed by atoms with Gasteiger partial charge >= 0.3 is 0 Å². The predicted octanol–water partition coefficient (Wildman–Crippen LogP) is 4.23. The molecule has 0 aromatic heterocycles. The minimum atomic E-state index is 0.0307. The molecule has 1 fully saturated rings. The van der Waals surface area contributed by atoms with E-state index in [2.05, 4.69) is 37.8 Å². The van der Waals surface area contributed by atoms with Crippen molar-refractivity contribution < 1.29 is 0 Å². The van der Waals surface area contributed by atoms with Gasteiger partial charge in [-0.3, -0.25) is 0 Å². The lowest BCUT2D eigenvalue weighted by molar-refractivity contribution is 0.297. The number of anilines is 1. The summed E-state index contributed by atoms with van der Waals surface area (Å²) in [4.78, 5) is 2.45. The van der Waals surface area contributed by atoms with Crippen molar-refractivity contribution in [3.8, 4) is 0 Å². The summed E-state index contributed by atoms with van der Waals surface area (Å²) in [6.07, 6.45) is 1.30. The molecule has 1 saturated heterocycles. The first-order valence-corrected chi connectivity index (χ1v) is 7.59. The highest BCUT2D eigenvalue weighted by molar-refractivity contribution is 6.33. The Bertz CT molecular complexity index is 444. The third-order valence-corrected chi connectivity index (χ3v) is 4.71. The minimum Gasteiger partial charge on any atom is -0.367 e. The summed E-state index contributed by atoms with van der Waals surface area (Å²) < 4.78 is 0. The molecule has 0 bridgehead atoms. The molecule has 0 radical (unpaired) electrons. The Morgan fingerprint density at radius 3 is 2.58 bits per heavy atom. The molecule has 19 heavy (non-hydrogen) atoms. The van der Waals surface area contributed by atoms with Crippen molar-refractivity contribution >= 4 is 17.3 Å². The van der Waals surface area contributed by atoms with E-state index in [1.807, 2.05) is 13.0 Å². The molecule has 3 heteroatoms. The van der Waals surface area contributed by atoms with Crippen LogP contribution in [0.1, 0.15) is 45.7 Å². The monoisotopic (exact) mass is 280 g/mol. The Balaban J connectivity index is 2.30. The smallest absolute Gasteiger partial charge is 0.0642 e. The number of piperidine rings is 1. The van der Waals surface area contributed by atoms with Gasteiger partial charge in [-0.25, -0.2) is 0 Å². The van der Waals surface area contributed by atoms with Gasteiger partial charge in [-0.2, -0.15) is 0 Å². The van der Waals surface area contributed by atoms with Gasteiger partial charge in [0.2, 0.25) is 0 Å². The van der Waals surface area contributed by atoms with Gasteiger partial charge in [0.05, 0.1) is 10.7 Å². The fraction of sp³-hybridized carbons (Fsp3) is 0.625. The normalized spacial score (nSPS) is 29.4. The SMILES string of the molecule is CC1CC(C)C(C)N(c2ccc([C@H](C)N)cc2Cl)C1. The van der Waals surface area contributed by atoms with Crippen LogP contribution in [0.2, 0.25) is 5.02 Å². The van der Waals surface area contributed by atoms with Crippen molar-refractivity contribution in [1.82, 2.24) is 0 Å². The molecule has 2 N–H and O–H groups in total. The second-order valence-electron chi connectivity index (χ2n) is 6.21. The van der Waals surface area contributed by atoms with Crippen molar-refractivity contribution in [2.75, 3.05) is 11.4 Å². The summed E-state index contributed by atoms with van der Waals surface area (Å²) in [7, 11) is 0. The Kier molecular flexibility index (Phi) is 4.42. The van der Waals surface area contributed by atoms with Crippen molar-refractivity contribution in [2.45, 2.75) is 46.2 Å². The number of hydrogen-bond acceptors (Lipinski definition) is 2. The quantitative estimate of drug-likeness (QED) is 0.878. The Hall–Kier alpha value is -0.730. The van der Waals surface area contributed by atoms with E-state index < -0.39 is 0 Å². The third-order valence-electron chi connectivity index (χ3n) is 4.40. The van der Waals surface area contributed by atoms with Crippen LogP contribution in [0.4, 0.5) is 5.69 Å². The van der Waals surface area contributed by atoms with Crippen molar-refractivity contribution in [3.05, 3.63) is 28.8 Å². The fourth-order valence-corrected chi connectivity index (χ4v) is 3.37. The van der Waals surface area contributed by atoms with Gasteiger partial charge in [-0.15, -0.1) is 0 Å². The van der Waals surface area contributed by atoms with Crippen molar-refractivity contribution in [1.29, 1.82) is 0 Å². The van der Waals surface area contributed by atoms with Crippen LogP contribution in [-0.2, 0) is 0 Å². The first-order chi connectivity index (χ1) is 8.90. The maximum absolute atomic E-state index is 6.47. The molecular weight excluding hydrogens is 256 g/mol. The zero-order chi connectivity index (χ0) is 14.2. The maximum Gasteiger partial charge on any atom is 0.0642 e. The number of rotatable bonds is 2. The molecule has 1 aliphatic rings. The van der Waals surface area contributed by atoms with Gasteiger partial charge in [0.15, 0.2) is 0 Å². The van der Waals surface area contributed by atoms with Gasteiger partial charge in [0.25, 0.3) is 0 Å². The Morgan fingerprint density at radius 1 is 1.32 bits per heavy atom. The minimum absolute atomic E-state index is 0.0307. The lowest BCUT2D eigenvalue weighted by Crippen LogP contribution is -2.46. The van der Waals surface area contributed by atoms with Gasteiger partial charge in [-0.1, -0.05) is 31.5 Å². The van der Waals surface area contributed by atoms with E-state index in [0.717, 1.165) is 28.7 Å². The van der Waals surface area contributed by atoms with E-state index in [1.54, 1.807) is 0 Å². The Morgan fingerprint density at radius 2 is 2.00 bits per heavy atom. The predicted molar refractivity (Wildman–Crippen MR) is 83.8 cm³/mol. The largest absolute Gasteiger partial charge is 0.367 e. The number of nitrogens with two attached hydrogens (primary N) is 1. The average Bonchev–Trinajstić information content (AvgIpc) is 2.33. The summed E-state index contributed by atoms with van der Waals surface area (Å²) in [6, 6.07) is 6.81. The van der Waals surface area contributed by atoms with Gasteiger partial charge in [0.1, 0.15) is 0 Å². The van der Waals surface area contributed by atoms with Gasteiger partial charge in [0, 0.05) is 18.6 Å². The summed E-state index contributed by atoms with van der Waals surface area (Å²) in [5.41, 5.74) is 8.16. The van der Waals surface area contributed by atoms with Crippen LogP contribution in [0.5, 0.6) is 0 Å². The molecule has 2 rings (SSSR count). The highest BCUT2D eigenvalue weighted by Gasteiger charge is 2.29. The van der Waals surface area contributed by atoms with E-state index >= 15 is 0 Å². The molecule has 1 heterocycles. The summed E-state index contributed by atoms with van der Waals surface area (Å²) in [5.74, 6) is 1.42. The van der Waals surface area contributed by atoms with Crippen LogP contribution in [-0.4, -0.2) is 12.6 Å². The molecule has 3 unspecified atom stereocenters. The summed E-state index contributed by atoms with van der Waals surface area (Å²) in [5, 5.41) is 0.822. The Labute approximate surface area is 121 Å². The first-order valence-electron chi connectivity index (χ1n) is 7.21. The molecule has 1 aromatic rings. The van der Waals surface area contributed by atoms with Crippen LogP contribution in [0.15, 0.2) is 18.2 Å². The average molecular weight is 281 g/mol. The van der Waals surface area contributed by atoms with E-state index in [0.29, 0.717) is 12.0 Å². The van der Waals surface area contributed by atoms with E-state index in [4.69, 9.17) is 17.3 Å². The lowest BCUT2D eigenvalue weighted by Gasteiger charge is -2.43.